The molecule has 0 spiro atoms. The van der Waals surface area contributed by atoms with Gasteiger partial charge in [-0.15, -0.1) is 5.10 Å². The van der Waals surface area contributed by atoms with Crippen LogP contribution >= 0.6 is 0 Å². The van der Waals surface area contributed by atoms with Crippen LogP contribution in [0.15, 0.2) is 24.7 Å². The first-order valence-electron chi connectivity index (χ1n) is 12.6. The first kappa shape index (κ1) is 26.6. The van der Waals surface area contributed by atoms with Crippen molar-refractivity contribution in [2.24, 2.45) is 0 Å². The number of nitrogens with zero attached hydrogens (tertiary/aromatic N) is 5. The molecule has 11 heteroatoms. The van der Waals surface area contributed by atoms with Gasteiger partial charge in [-0.3, -0.25) is 4.68 Å². The average molecular weight is 517 g/mol. The maximum atomic E-state index is 6.35. The van der Waals surface area contributed by atoms with Crippen LogP contribution in [0.5, 0.6) is 5.88 Å². The van der Waals surface area contributed by atoms with E-state index < -0.39 is 8.32 Å². The Kier molecular flexibility index (Phi) is 8.03. The van der Waals surface area contributed by atoms with Crippen LogP contribution in [-0.2, 0) is 20.4 Å². The van der Waals surface area contributed by atoms with Gasteiger partial charge in [0.15, 0.2) is 8.32 Å². The summed E-state index contributed by atoms with van der Waals surface area (Å²) in [5, 5.41) is 9.17. The van der Waals surface area contributed by atoms with E-state index in [-0.39, 0.29) is 17.2 Å². The predicted octanol–water partition coefficient (Wildman–Crippen LogP) is 4.77. The number of nitrogens with one attached hydrogen (secondary N) is 1. The van der Waals surface area contributed by atoms with E-state index in [9.17, 15) is 0 Å². The standard InChI is InChI=1S/C25H40N6O4Si/c1-18(16-32-5)31-10-8-19-14-26-24(28-22(19)31)27-21-15-30(11-13-34-36(6,7)25(2,3)4)29-23(21)35-20-9-12-33-17-20/h8,10,14-15,18,20H,9,11-13,16-17H2,1-7H3,(H,26,27,28)/t18-,20-/m0/s1. The molecule has 1 aliphatic heterocycles. The van der Waals surface area contributed by atoms with Crippen LogP contribution in [0.25, 0.3) is 11.0 Å². The highest BCUT2D eigenvalue weighted by Gasteiger charge is 2.37. The molecule has 0 aliphatic carbocycles. The molecule has 1 aliphatic rings. The second-order valence-electron chi connectivity index (χ2n) is 10.9. The molecular formula is C25H40N6O4Si. The van der Waals surface area contributed by atoms with Crippen LogP contribution in [0.4, 0.5) is 11.6 Å². The van der Waals surface area contributed by atoms with Crippen molar-refractivity contribution >= 4 is 31.0 Å². The summed E-state index contributed by atoms with van der Waals surface area (Å²) >= 11 is 0. The Morgan fingerprint density at radius 2 is 2.11 bits per heavy atom. The summed E-state index contributed by atoms with van der Waals surface area (Å²) in [5.74, 6) is 1.00. The second-order valence-corrected chi connectivity index (χ2v) is 15.8. The van der Waals surface area contributed by atoms with Gasteiger partial charge in [-0.05, 0) is 31.1 Å². The smallest absolute Gasteiger partial charge is 0.257 e. The fourth-order valence-corrected chi connectivity index (χ4v) is 4.90. The highest BCUT2D eigenvalue weighted by atomic mass is 28.4. The zero-order valence-corrected chi connectivity index (χ0v) is 23.6. The van der Waals surface area contributed by atoms with Crippen molar-refractivity contribution in [3.63, 3.8) is 0 Å². The Hall–Kier alpha value is -2.47. The summed E-state index contributed by atoms with van der Waals surface area (Å²) in [6, 6.07) is 2.17. The lowest BCUT2D eigenvalue weighted by Gasteiger charge is -2.36. The van der Waals surface area contributed by atoms with Gasteiger partial charge in [-0.1, -0.05) is 20.8 Å². The monoisotopic (exact) mass is 516 g/mol. The van der Waals surface area contributed by atoms with E-state index in [1.54, 1.807) is 7.11 Å². The molecule has 198 valence electrons. The Labute approximate surface area is 214 Å². The van der Waals surface area contributed by atoms with Crippen molar-refractivity contribution < 1.29 is 18.6 Å². The third-order valence-electron chi connectivity index (χ3n) is 7.07. The third-order valence-corrected chi connectivity index (χ3v) is 11.6. The Bertz CT molecular complexity index is 1150. The molecule has 4 heterocycles. The number of rotatable bonds is 11. The lowest BCUT2D eigenvalue weighted by Crippen LogP contribution is -2.41. The predicted molar refractivity (Wildman–Crippen MR) is 143 cm³/mol. The van der Waals surface area contributed by atoms with Crippen LogP contribution in [0.1, 0.15) is 40.2 Å². The van der Waals surface area contributed by atoms with E-state index >= 15 is 0 Å². The lowest BCUT2D eigenvalue weighted by atomic mass is 10.2. The largest absolute Gasteiger partial charge is 0.469 e. The number of hydrogen-bond donors (Lipinski definition) is 1. The normalized spacial score (nSPS) is 17.6. The zero-order chi connectivity index (χ0) is 25.9. The number of hydrogen-bond acceptors (Lipinski definition) is 8. The number of ether oxygens (including phenoxy) is 3. The van der Waals surface area contributed by atoms with Crippen LogP contribution in [-0.4, -0.2) is 72.3 Å². The maximum Gasteiger partial charge on any atom is 0.257 e. The fourth-order valence-electron chi connectivity index (χ4n) is 3.86. The molecule has 0 unspecified atom stereocenters. The SMILES string of the molecule is COC[C@H](C)n1ccc2cnc(Nc3cn(CCO[Si](C)(C)C(C)(C)C)nc3O[C@H]3CCOC3)nc21. The summed E-state index contributed by atoms with van der Waals surface area (Å²) < 4.78 is 27.3. The average Bonchev–Trinajstić information content (AvgIpc) is 3.54. The molecule has 1 N–H and O–H groups in total. The van der Waals surface area contributed by atoms with Crippen molar-refractivity contribution in [2.45, 2.75) is 70.9 Å². The Morgan fingerprint density at radius 1 is 1.31 bits per heavy atom. The van der Waals surface area contributed by atoms with Gasteiger partial charge in [0.05, 0.1) is 45.2 Å². The van der Waals surface area contributed by atoms with Crippen LogP contribution in [0.3, 0.4) is 0 Å². The molecule has 0 saturated carbocycles. The van der Waals surface area contributed by atoms with E-state index in [4.69, 9.17) is 28.7 Å². The van der Waals surface area contributed by atoms with E-state index in [1.165, 1.54) is 0 Å². The first-order chi connectivity index (χ1) is 17.1. The van der Waals surface area contributed by atoms with Crippen molar-refractivity contribution in [2.75, 3.05) is 38.9 Å². The van der Waals surface area contributed by atoms with Crippen LogP contribution < -0.4 is 10.1 Å². The summed E-state index contributed by atoms with van der Waals surface area (Å²) in [7, 11) is -0.128. The van der Waals surface area contributed by atoms with Crippen LogP contribution in [0, 0.1) is 0 Å². The molecule has 1 fully saturated rings. The molecule has 0 amide bonds. The van der Waals surface area contributed by atoms with Gasteiger partial charge in [-0.25, -0.2) is 4.98 Å². The van der Waals surface area contributed by atoms with Crippen LogP contribution in [0.2, 0.25) is 18.1 Å². The molecule has 0 aromatic carbocycles. The van der Waals surface area contributed by atoms with Gasteiger partial charge in [0.1, 0.15) is 17.4 Å². The van der Waals surface area contributed by atoms with Gasteiger partial charge >= 0.3 is 0 Å². The summed E-state index contributed by atoms with van der Waals surface area (Å²) in [5.41, 5.74) is 1.57. The number of anilines is 2. The highest BCUT2D eigenvalue weighted by molar-refractivity contribution is 6.74. The van der Waals surface area contributed by atoms with Gasteiger partial charge in [-0.2, -0.15) is 4.98 Å². The number of methoxy groups -OCH3 is 1. The molecule has 3 aromatic heterocycles. The van der Waals surface area contributed by atoms with Gasteiger partial charge in [0, 0.05) is 31.3 Å². The topological polar surface area (TPSA) is 97.5 Å². The van der Waals surface area contributed by atoms with Crippen molar-refractivity contribution in [1.82, 2.24) is 24.3 Å². The molecule has 0 bridgehead atoms. The van der Waals surface area contributed by atoms with Gasteiger partial charge in [0.2, 0.25) is 5.95 Å². The van der Waals surface area contributed by atoms with E-state index in [0.717, 1.165) is 23.1 Å². The molecule has 0 radical (unpaired) electrons. The number of aromatic nitrogens is 5. The van der Waals surface area contributed by atoms with E-state index in [2.05, 4.69) is 55.7 Å². The second kappa shape index (κ2) is 10.9. The van der Waals surface area contributed by atoms with E-state index in [0.29, 0.717) is 44.8 Å². The Morgan fingerprint density at radius 3 is 2.81 bits per heavy atom. The molecule has 1 saturated heterocycles. The van der Waals surface area contributed by atoms with Gasteiger partial charge < -0.3 is 28.5 Å². The van der Waals surface area contributed by atoms with Gasteiger partial charge in [0.25, 0.3) is 5.88 Å². The van der Waals surface area contributed by atoms with Crippen molar-refractivity contribution in [3.05, 3.63) is 24.7 Å². The molecule has 2 atom stereocenters. The minimum absolute atomic E-state index is 0.0205. The summed E-state index contributed by atoms with van der Waals surface area (Å²) in [6.45, 7) is 16.4. The summed E-state index contributed by atoms with van der Waals surface area (Å²) in [6.07, 6.45) is 6.59. The minimum Gasteiger partial charge on any atom is -0.469 e. The zero-order valence-electron chi connectivity index (χ0n) is 22.6. The minimum atomic E-state index is -1.83. The molecule has 10 nitrogen and oxygen atoms in total. The quantitative estimate of drug-likeness (QED) is 0.364. The van der Waals surface area contributed by atoms with Crippen molar-refractivity contribution in [1.29, 1.82) is 0 Å². The highest BCUT2D eigenvalue weighted by Crippen LogP contribution is 2.36. The fraction of sp³-hybridized carbons (Fsp3) is 0.640. The molecule has 3 aromatic rings. The van der Waals surface area contributed by atoms with Crippen molar-refractivity contribution in [3.8, 4) is 5.88 Å². The van der Waals surface area contributed by atoms with E-state index in [1.807, 2.05) is 29.3 Å². The lowest BCUT2D eigenvalue weighted by molar-refractivity contribution is 0.137. The molecule has 36 heavy (non-hydrogen) atoms. The molecular weight excluding hydrogens is 476 g/mol. The first-order valence-corrected chi connectivity index (χ1v) is 15.5. The maximum absolute atomic E-state index is 6.35. The molecule has 4 rings (SSSR count). The Balaban J connectivity index is 1.54. The third kappa shape index (κ3) is 6.08. The summed E-state index contributed by atoms with van der Waals surface area (Å²) in [4.78, 5) is 9.31. The number of fused-ring (bicyclic) bond motifs is 1.